The van der Waals surface area contributed by atoms with Gasteiger partial charge in [-0.2, -0.15) is 0 Å². The molecule has 9 rings (SSSR count). The number of hydrogen-bond donors (Lipinski definition) is 0. The van der Waals surface area contributed by atoms with Gasteiger partial charge in [0.15, 0.2) is 0 Å². The van der Waals surface area contributed by atoms with Gasteiger partial charge in [-0.1, -0.05) is 172 Å². The molecule has 0 heteroatoms. The van der Waals surface area contributed by atoms with Crippen LogP contribution in [0.1, 0.15) is 25.0 Å². The SMILES string of the molecule is CC1(C)c2c(cccc2-c2c3ccccc3c(-c3ccc(-c4ccccc4)cc3)c3ccccc23)-c2ccc3ccccc3c21. The van der Waals surface area contributed by atoms with Gasteiger partial charge in [0.25, 0.3) is 0 Å². The second-order valence-corrected chi connectivity index (χ2v) is 12.8. The Hall–Kier alpha value is -5.46. The molecular formula is C45H32. The zero-order valence-electron chi connectivity index (χ0n) is 25.5. The lowest BCUT2D eigenvalue weighted by molar-refractivity contribution is 0.668. The van der Waals surface area contributed by atoms with Crippen LogP contribution in [0.3, 0.4) is 0 Å². The van der Waals surface area contributed by atoms with Gasteiger partial charge in [0.1, 0.15) is 0 Å². The molecule has 1 aliphatic carbocycles. The van der Waals surface area contributed by atoms with Crippen molar-refractivity contribution in [2.75, 3.05) is 0 Å². The van der Waals surface area contributed by atoms with Crippen LogP contribution in [0.15, 0.2) is 158 Å². The van der Waals surface area contributed by atoms with Gasteiger partial charge in [-0.3, -0.25) is 0 Å². The average molecular weight is 573 g/mol. The first-order valence-electron chi connectivity index (χ1n) is 15.9. The summed E-state index contributed by atoms with van der Waals surface area (Å²) in [7, 11) is 0. The van der Waals surface area contributed by atoms with E-state index in [0.29, 0.717) is 0 Å². The molecule has 0 amide bonds. The molecule has 0 aromatic heterocycles. The van der Waals surface area contributed by atoms with Gasteiger partial charge in [-0.15, -0.1) is 0 Å². The Labute approximate surface area is 264 Å². The summed E-state index contributed by atoms with van der Waals surface area (Å²) in [6, 6.07) is 58.2. The summed E-state index contributed by atoms with van der Waals surface area (Å²) in [4.78, 5) is 0. The molecule has 0 spiro atoms. The Morgan fingerprint density at radius 3 is 1.47 bits per heavy atom. The largest absolute Gasteiger partial charge is 0.0622 e. The van der Waals surface area contributed by atoms with Gasteiger partial charge in [0.2, 0.25) is 0 Å². The van der Waals surface area contributed by atoms with Gasteiger partial charge >= 0.3 is 0 Å². The van der Waals surface area contributed by atoms with Gasteiger partial charge in [0, 0.05) is 5.41 Å². The van der Waals surface area contributed by atoms with E-state index in [1.54, 1.807) is 0 Å². The number of hydrogen-bond acceptors (Lipinski definition) is 0. The molecule has 0 unspecified atom stereocenters. The fourth-order valence-electron chi connectivity index (χ4n) is 8.14. The van der Waals surface area contributed by atoms with E-state index in [2.05, 4.69) is 172 Å². The molecule has 1 aliphatic rings. The predicted octanol–water partition coefficient (Wildman–Crippen LogP) is 12.5. The predicted molar refractivity (Wildman–Crippen MR) is 193 cm³/mol. The van der Waals surface area contributed by atoms with Crippen LogP contribution in [0.2, 0.25) is 0 Å². The van der Waals surface area contributed by atoms with Crippen molar-refractivity contribution in [1.29, 1.82) is 0 Å². The van der Waals surface area contributed by atoms with Gasteiger partial charge < -0.3 is 0 Å². The number of fused-ring (bicyclic) bond motifs is 7. The van der Waals surface area contributed by atoms with Crippen LogP contribution in [-0.2, 0) is 5.41 Å². The molecule has 212 valence electrons. The first-order valence-corrected chi connectivity index (χ1v) is 15.9. The lowest BCUT2D eigenvalue weighted by Crippen LogP contribution is -2.17. The summed E-state index contributed by atoms with van der Waals surface area (Å²) in [6.45, 7) is 4.83. The molecule has 45 heavy (non-hydrogen) atoms. The number of rotatable bonds is 3. The Morgan fingerprint density at radius 1 is 0.311 bits per heavy atom. The van der Waals surface area contributed by atoms with Crippen LogP contribution in [0.25, 0.3) is 76.8 Å². The average Bonchev–Trinajstić information content (AvgIpc) is 3.34. The zero-order valence-corrected chi connectivity index (χ0v) is 25.5. The first kappa shape index (κ1) is 26.0. The lowest BCUT2D eigenvalue weighted by Gasteiger charge is -2.27. The molecule has 0 nitrogen and oxygen atoms in total. The smallest absolute Gasteiger partial charge is 0.0171 e. The van der Waals surface area contributed by atoms with E-state index >= 15 is 0 Å². The maximum absolute atomic E-state index is 2.42. The van der Waals surface area contributed by atoms with E-state index in [1.807, 2.05) is 0 Å². The Morgan fingerprint density at radius 2 is 0.800 bits per heavy atom. The lowest BCUT2D eigenvalue weighted by atomic mass is 9.76. The molecule has 0 N–H and O–H groups in total. The van der Waals surface area contributed by atoms with Crippen molar-refractivity contribution in [3.63, 3.8) is 0 Å². The minimum Gasteiger partial charge on any atom is -0.0622 e. The highest BCUT2D eigenvalue weighted by Gasteiger charge is 2.39. The van der Waals surface area contributed by atoms with Crippen molar-refractivity contribution in [2.45, 2.75) is 19.3 Å². The molecule has 0 atom stereocenters. The quantitative estimate of drug-likeness (QED) is 0.185. The highest BCUT2D eigenvalue weighted by atomic mass is 14.4. The van der Waals surface area contributed by atoms with E-state index < -0.39 is 0 Å². The van der Waals surface area contributed by atoms with E-state index in [4.69, 9.17) is 0 Å². The van der Waals surface area contributed by atoms with Crippen LogP contribution in [0.4, 0.5) is 0 Å². The molecule has 0 heterocycles. The third kappa shape index (κ3) is 3.79. The summed E-state index contributed by atoms with van der Waals surface area (Å²) >= 11 is 0. The van der Waals surface area contributed by atoms with Crippen molar-refractivity contribution in [3.05, 3.63) is 169 Å². The van der Waals surface area contributed by atoms with Gasteiger partial charge in [0.05, 0.1) is 0 Å². The van der Waals surface area contributed by atoms with Crippen molar-refractivity contribution in [2.24, 2.45) is 0 Å². The maximum atomic E-state index is 2.42. The Bertz CT molecular complexity index is 2370. The van der Waals surface area contributed by atoms with E-state index in [1.165, 1.54) is 88.0 Å². The first-order chi connectivity index (χ1) is 22.1. The maximum Gasteiger partial charge on any atom is 0.0171 e. The van der Waals surface area contributed by atoms with Crippen LogP contribution < -0.4 is 0 Å². The molecule has 0 radical (unpaired) electrons. The zero-order chi connectivity index (χ0) is 30.1. The normalized spacial score (nSPS) is 13.3. The molecule has 0 saturated heterocycles. The topological polar surface area (TPSA) is 0 Å². The molecule has 8 aromatic rings. The van der Waals surface area contributed by atoms with Crippen molar-refractivity contribution in [3.8, 4) is 44.5 Å². The summed E-state index contributed by atoms with van der Waals surface area (Å²) in [5.41, 5.74) is 13.1. The van der Waals surface area contributed by atoms with Gasteiger partial charge in [-0.05, 0) is 88.0 Å². The number of benzene rings is 8. The van der Waals surface area contributed by atoms with Crippen molar-refractivity contribution in [1.82, 2.24) is 0 Å². The third-order valence-corrected chi connectivity index (χ3v) is 10.0. The minimum atomic E-state index is -0.156. The summed E-state index contributed by atoms with van der Waals surface area (Å²) in [5.74, 6) is 0. The highest BCUT2D eigenvalue weighted by molar-refractivity contribution is 6.22. The summed E-state index contributed by atoms with van der Waals surface area (Å²) < 4.78 is 0. The highest BCUT2D eigenvalue weighted by Crippen LogP contribution is 2.56. The molecular weight excluding hydrogens is 540 g/mol. The fourth-order valence-corrected chi connectivity index (χ4v) is 8.14. The molecule has 0 fully saturated rings. The summed E-state index contributed by atoms with van der Waals surface area (Å²) in [6.07, 6.45) is 0. The van der Waals surface area contributed by atoms with Crippen LogP contribution >= 0.6 is 0 Å². The minimum absolute atomic E-state index is 0.156. The van der Waals surface area contributed by atoms with Gasteiger partial charge in [-0.25, -0.2) is 0 Å². The standard InChI is InChI=1S/C45H32/c1-45(2)43-33-16-7-6-15-31(33)27-28-39(43)38-21-12-22-40(44(38)45)42-36-19-10-8-17-34(36)41(35-18-9-11-20-37(35)42)32-25-23-30(24-26-32)29-13-4-3-5-14-29/h3-28H,1-2H3. The Balaban J connectivity index is 1.32. The second kappa shape index (κ2) is 9.78. The van der Waals surface area contributed by atoms with Crippen LogP contribution in [0.5, 0.6) is 0 Å². The van der Waals surface area contributed by atoms with Crippen molar-refractivity contribution < 1.29 is 0 Å². The Kier molecular flexibility index (Phi) is 5.64. The third-order valence-electron chi connectivity index (χ3n) is 10.0. The van der Waals surface area contributed by atoms with Crippen LogP contribution in [0, 0.1) is 0 Å². The molecule has 8 aromatic carbocycles. The van der Waals surface area contributed by atoms with Crippen LogP contribution in [-0.4, -0.2) is 0 Å². The van der Waals surface area contributed by atoms with E-state index in [9.17, 15) is 0 Å². The molecule has 0 bridgehead atoms. The van der Waals surface area contributed by atoms with E-state index in [-0.39, 0.29) is 5.41 Å². The summed E-state index contributed by atoms with van der Waals surface area (Å²) in [5, 5.41) is 7.82. The molecule has 0 aliphatic heterocycles. The fraction of sp³-hybridized carbons (Fsp3) is 0.0667. The monoisotopic (exact) mass is 572 g/mol. The molecule has 0 saturated carbocycles. The van der Waals surface area contributed by atoms with Crippen molar-refractivity contribution >= 4 is 32.3 Å². The second-order valence-electron chi connectivity index (χ2n) is 12.8. The van der Waals surface area contributed by atoms with E-state index in [0.717, 1.165) is 0 Å².